The molecule has 0 atom stereocenters. The standard InChI is InChI=1S/C17H22.C4H8.C2H6/c1-5-16-10-12-17(13-11-16)9-8-15(4)7-6-14(2)3;1-2-4-3-1;1-2/h6-7,10-13H,2,4-5,8-9H2,1,3H3;1-4H2;1-2H3/b7-6-;;. The molecule has 0 spiro atoms. The molecule has 0 N–H and O–H groups in total. The van der Waals surface area contributed by atoms with Gasteiger partial charge in [-0.3, -0.25) is 0 Å². The van der Waals surface area contributed by atoms with E-state index in [4.69, 9.17) is 0 Å². The maximum atomic E-state index is 4.05. The molecule has 0 heteroatoms. The van der Waals surface area contributed by atoms with Crippen LogP contribution in [0.3, 0.4) is 0 Å². The van der Waals surface area contributed by atoms with E-state index in [1.807, 2.05) is 26.8 Å². The molecular formula is C23H36. The summed E-state index contributed by atoms with van der Waals surface area (Å²) < 4.78 is 0. The molecule has 1 aliphatic carbocycles. The predicted octanol–water partition coefficient (Wildman–Crippen LogP) is 7.46. The molecule has 0 nitrogen and oxygen atoms in total. The van der Waals surface area contributed by atoms with E-state index >= 15 is 0 Å². The normalized spacial score (nSPS) is 12.3. The highest BCUT2D eigenvalue weighted by Crippen LogP contribution is 2.15. The van der Waals surface area contributed by atoms with Crippen LogP contribution in [0.1, 0.15) is 70.9 Å². The van der Waals surface area contributed by atoms with Gasteiger partial charge in [-0.25, -0.2) is 0 Å². The van der Waals surface area contributed by atoms with Crippen molar-refractivity contribution < 1.29 is 0 Å². The highest BCUT2D eigenvalue weighted by molar-refractivity contribution is 5.26. The van der Waals surface area contributed by atoms with Crippen LogP contribution in [0, 0.1) is 0 Å². The second-order valence-electron chi connectivity index (χ2n) is 5.92. The number of allylic oxidation sites excluding steroid dienone is 4. The average Bonchev–Trinajstić information content (AvgIpc) is 2.51. The highest BCUT2D eigenvalue weighted by atomic mass is 14.0. The minimum atomic E-state index is 1.01. The van der Waals surface area contributed by atoms with Crippen molar-refractivity contribution in [2.45, 2.75) is 72.6 Å². The average molecular weight is 313 g/mol. The monoisotopic (exact) mass is 312 g/mol. The van der Waals surface area contributed by atoms with Crippen molar-refractivity contribution in [1.29, 1.82) is 0 Å². The van der Waals surface area contributed by atoms with Gasteiger partial charge in [0.2, 0.25) is 0 Å². The zero-order valence-electron chi connectivity index (χ0n) is 15.8. The Morgan fingerprint density at radius 1 is 0.913 bits per heavy atom. The Kier molecular flexibility index (Phi) is 13.1. The van der Waals surface area contributed by atoms with Gasteiger partial charge in [0.05, 0.1) is 0 Å². The van der Waals surface area contributed by atoms with Crippen LogP contribution >= 0.6 is 0 Å². The summed E-state index contributed by atoms with van der Waals surface area (Å²) in [6.07, 6.45) is 13.2. The van der Waals surface area contributed by atoms with Crippen LogP contribution in [0.5, 0.6) is 0 Å². The van der Waals surface area contributed by atoms with Gasteiger partial charge in [0.15, 0.2) is 0 Å². The first-order chi connectivity index (χ1) is 11.1. The predicted molar refractivity (Wildman–Crippen MR) is 107 cm³/mol. The van der Waals surface area contributed by atoms with Gasteiger partial charge in [0, 0.05) is 0 Å². The van der Waals surface area contributed by atoms with Crippen LogP contribution in [0.15, 0.2) is 60.7 Å². The molecule has 2 rings (SSSR count). The molecule has 0 saturated heterocycles. The Hall–Kier alpha value is -1.56. The Balaban J connectivity index is 0.000000680. The van der Waals surface area contributed by atoms with E-state index in [9.17, 15) is 0 Å². The zero-order chi connectivity index (χ0) is 17.5. The maximum Gasteiger partial charge on any atom is -0.0238 e. The highest BCUT2D eigenvalue weighted by Gasteiger charge is 1.96. The Bertz CT molecular complexity index is 451. The van der Waals surface area contributed by atoms with Crippen molar-refractivity contribution in [2.24, 2.45) is 0 Å². The van der Waals surface area contributed by atoms with Crippen molar-refractivity contribution in [3.8, 4) is 0 Å². The lowest BCUT2D eigenvalue weighted by molar-refractivity contribution is 0.504. The van der Waals surface area contributed by atoms with Gasteiger partial charge in [-0.05, 0) is 37.3 Å². The van der Waals surface area contributed by atoms with E-state index < -0.39 is 0 Å². The number of aryl methyl sites for hydroxylation is 2. The molecule has 0 radical (unpaired) electrons. The summed E-state index contributed by atoms with van der Waals surface area (Å²) in [6.45, 7) is 16.1. The molecule has 0 heterocycles. The SMILES string of the molecule is C1CCC1.C=C(C)/C=C\C(=C)CCc1ccc(CC)cc1.CC. The fourth-order valence-electron chi connectivity index (χ4n) is 1.84. The Morgan fingerprint density at radius 3 is 1.78 bits per heavy atom. The molecule has 0 unspecified atom stereocenters. The van der Waals surface area contributed by atoms with Crippen molar-refractivity contribution in [3.05, 3.63) is 71.8 Å². The molecule has 128 valence electrons. The van der Waals surface area contributed by atoms with E-state index in [-0.39, 0.29) is 0 Å². The third-order valence-electron chi connectivity index (χ3n) is 3.77. The number of hydrogen-bond acceptors (Lipinski definition) is 0. The second kappa shape index (κ2) is 14.1. The van der Waals surface area contributed by atoms with E-state index in [2.05, 4.69) is 50.4 Å². The molecule has 0 bridgehead atoms. The van der Waals surface area contributed by atoms with Gasteiger partial charge in [-0.2, -0.15) is 0 Å². The third-order valence-corrected chi connectivity index (χ3v) is 3.77. The quantitative estimate of drug-likeness (QED) is 0.478. The van der Waals surface area contributed by atoms with Crippen LogP contribution in [0.2, 0.25) is 0 Å². The lowest BCUT2D eigenvalue weighted by atomic mass is 10.0. The topological polar surface area (TPSA) is 0 Å². The fourth-order valence-corrected chi connectivity index (χ4v) is 1.84. The molecular weight excluding hydrogens is 276 g/mol. The van der Waals surface area contributed by atoms with Gasteiger partial charge in [-0.15, -0.1) is 0 Å². The Labute approximate surface area is 145 Å². The van der Waals surface area contributed by atoms with Crippen LogP contribution < -0.4 is 0 Å². The van der Waals surface area contributed by atoms with Gasteiger partial charge in [0.1, 0.15) is 0 Å². The van der Waals surface area contributed by atoms with E-state index in [1.54, 1.807) is 0 Å². The van der Waals surface area contributed by atoms with Crippen molar-refractivity contribution in [3.63, 3.8) is 0 Å². The zero-order valence-corrected chi connectivity index (χ0v) is 15.8. The van der Waals surface area contributed by atoms with Gasteiger partial charge in [0.25, 0.3) is 0 Å². The molecule has 1 aromatic rings. The number of rotatable bonds is 6. The minimum Gasteiger partial charge on any atom is -0.0961 e. The second-order valence-corrected chi connectivity index (χ2v) is 5.92. The lowest BCUT2D eigenvalue weighted by Gasteiger charge is -2.05. The smallest absolute Gasteiger partial charge is 0.0238 e. The number of benzene rings is 1. The summed E-state index contributed by atoms with van der Waals surface area (Å²) >= 11 is 0. The molecule has 1 aliphatic rings. The molecule has 0 aliphatic heterocycles. The summed E-state index contributed by atoms with van der Waals surface area (Å²) in [5.74, 6) is 0. The molecule has 23 heavy (non-hydrogen) atoms. The largest absolute Gasteiger partial charge is 0.0961 e. The molecule has 1 saturated carbocycles. The summed E-state index contributed by atoms with van der Waals surface area (Å²) in [5.41, 5.74) is 5.01. The van der Waals surface area contributed by atoms with Gasteiger partial charge >= 0.3 is 0 Å². The minimum absolute atomic E-state index is 1.01. The summed E-state index contributed by atoms with van der Waals surface area (Å²) in [7, 11) is 0. The molecule has 1 fully saturated rings. The summed E-state index contributed by atoms with van der Waals surface area (Å²) in [6, 6.07) is 8.85. The number of hydrogen-bond donors (Lipinski definition) is 0. The van der Waals surface area contributed by atoms with Crippen LogP contribution in [0.4, 0.5) is 0 Å². The summed E-state index contributed by atoms with van der Waals surface area (Å²) in [4.78, 5) is 0. The molecule has 0 amide bonds. The maximum absolute atomic E-state index is 4.05. The fraction of sp³-hybridized carbons (Fsp3) is 0.478. The van der Waals surface area contributed by atoms with E-state index in [0.29, 0.717) is 0 Å². The third kappa shape index (κ3) is 11.6. The van der Waals surface area contributed by atoms with Crippen molar-refractivity contribution >= 4 is 0 Å². The molecule has 1 aromatic carbocycles. The van der Waals surface area contributed by atoms with E-state index in [0.717, 1.165) is 30.4 Å². The van der Waals surface area contributed by atoms with Gasteiger partial charge in [-0.1, -0.05) is 107 Å². The first-order valence-electron chi connectivity index (χ1n) is 9.21. The Morgan fingerprint density at radius 2 is 1.39 bits per heavy atom. The van der Waals surface area contributed by atoms with Crippen LogP contribution in [-0.4, -0.2) is 0 Å². The molecule has 0 aromatic heterocycles. The van der Waals surface area contributed by atoms with Gasteiger partial charge < -0.3 is 0 Å². The van der Waals surface area contributed by atoms with Crippen molar-refractivity contribution in [1.82, 2.24) is 0 Å². The van der Waals surface area contributed by atoms with Crippen molar-refractivity contribution in [2.75, 3.05) is 0 Å². The summed E-state index contributed by atoms with van der Waals surface area (Å²) in [5, 5.41) is 0. The lowest BCUT2D eigenvalue weighted by Crippen LogP contribution is -1.88. The van der Waals surface area contributed by atoms with E-state index in [1.165, 1.54) is 36.8 Å². The first kappa shape index (κ1) is 21.4. The van der Waals surface area contributed by atoms with Crippen LogP contribution in [-0.2, 0) is 12.8 Å². The van der Waals surface area contributed by atoms with Crippen LogP contribution in [0.25, 0.3) is 0 Å². The first-order valence-corrected chi connectivity index (χ1v) is 9.21.